The van der Waals surface area contributed by atoms with Crippen molar-refractivity contribution in [3.63, 3.8) is 0 Å². The summed E-state index contributed by atoms with van der Waals surface area (Å²) in [5.41, 5.74) is 0.471. The van der Waals surface area contributed by atoms with Gasteiger partial charge in [0.05, 0.1) is 17.9 Å². The van der Waals surface area contributed by atoms with Gasteiger partial charge in [0, 0.05) is 12.0 Å². The van der Waals surface area contributed by atoms with Gasteiger partial charge in [0.25, 0.3) is 10.0 Å². The molecule has 1 N–H and O–H groups in total. The molecule has 1 aromatic carbocycles. The van der Waals surface area contributed by atoms with Crippen molar-refractivity contribution < 1.29 is 27.5 Å². The number of hydrogen-bond donors (Lipinski definition) is 1. The molecule has 9 heteroatoms. The molecular weight excluding hydrogens is 336 g/mol. The van der Waals surface area contributed by atoms with E-state index in [1.165, 1.54) is 6.07 Å². The summed E-state index contributed by atoms with van der Waals surface area (Å²) < 4.78 is 36.1. The number of esters is 2. The minimum absolute atomic E-state index is 0.0440. The molecule has 0 saturated carbocycles. The summed E-state index contributed by atoms with van der Waals surface area (Å²) in [6.45, 7) is 1.77. The quantitative estimate of drug-likeness (QED) is 0.784. The molecule has 0 radical (unpaired) electrons. The highest BCUT2D eigenvalue weighted by Crippen LogP contribution is 2.22. The van der Waals surface area contributed by atoms with Crippen LogP contribution in [0.5, 0.6) is 0 Å². The normalized spacial score (nSPS) is 25.9. The molecule has 128 valence electrons. The lowest BCUT2D eigenvalue weighted by Crippen LogP contribution is -2.24. The number of ether oxygens (including phenoxy) is 2. The summed E-state index contributed by atoms with van der Waals surface area (Å²) in [5.74, 6) is -0.920. The first-order valence-corrected chi connectivity index (χ1v) is 8.92. The molecule has 2 aliphatic rings. The number of carbonyl (C=O) groups excluding carboxylic acids is 2. The van der Waals surface area contributed by atoms with Gasteiger partial charge in [-0.15, -0.1) is 0 Å². The Labute approximate surface area is 138 Å². The van der Waals surface area contributed by atoms with Gasteiger partial charge in [-0.3, -0.25) is 14.5 Å². The highest BCUT2D eigenvalue weighted by atomic mass is 32.2. The Morgan fingerprint density at radius 1 is 1.42 bits per heavy atom. The molecule has 0 unspecified atom stereocenters. The molecule has 1 aromatic rings. The lowest BCUT2D eigenvalue weighted by Gasteiger charge is -2.07. The monoisotopic (exact) mass is 352 g/mol. The number of hydrogen-bond acceptors (Lipinski definition) is 7. The van der Waals surface area contributed by atoms with Crippen molar-refractivity contribution in [2.24, 2.45) is 4.99 Å². The number of amidine groups is 1. The summed E-state index contributed by atoms with van der Waals surface area (Å²) in [5, 5.41) is 0. The number of rotatable bonds is 4. The second-order valence-electron chi connectivity index (χ2n) is 5.54. The number of nitrogens with zero attached hydrogens (tertiary/aromatic N) is 1. The van der Waals surface area contributed by atoms with Gasteiger partial charge in [0.2, 0.25) is 6.10 Å². The Balaban J connectivity index is 1.59. The average Bonchev–Trinajstić information content (AvgIpc) is 2.96. The molecule has 2 atom stereocenters. The minimum Gasteiger partial charge on any atom is -0.460 e. The predicted octanol–water partition coefficient (Wildman–Crippen LogP) is 0.362. The molecule has 0 bridgehead atoms. The van der Waals surface area contributed by atoms with Crippen LogP contribution in [0.4, 0.5) is 0 Å². The molecule has 24 heavy (non-hydrogen) atoms. The van der Waals surface area contributed by atoms with E-state index in [1.807, 2.05) is 0 Å². The SMILES string of the molecule is C[C@@H]1C[C@H](OC(=O)CCN=C2NS(=O)(=O)c3ccccc32)C(=O)O1. The first-order chi connectivity index (χ1) is 11.4. The average molecular weight is 352 g/mol. The predicted molar refractivity (Wildman–Crippen MR) is 82.8 cm³/mol. The second kappa shape index (κ2) is 6.23. The van der Waals surface area contributed by atoms with E-state index in [2.05, 4.69) is 9.71 Å². The van der Waals surface area contributed by atoms with Crippen molar-refractivity contribution in [3.05, 3.63) is 29.8 Å². The van der Waals surface area contributed by atoms with E-state index in [-0.39, 0.29) is 29.8 Å². The molecule has 2 heterocycles. The topological polar surface area (TPSA) is 111 Å². The molecule has 0 aliphatic carbocycles. The van der Waals surface area contributed by atoms with Crippen molar-refractivity contribution in [3.8, 4) is 0 Å². The lowest BCUT2D eigenvalue weighted by atomic mass is 10.2. The Bertz CT molecular complexity index is 817. The van der Waals surface area contributed by atoms with E-state index in [4.69, 9.17) is 9.47 Å². The summed E-state index contributed by atoms with van der Waals surface area (Å²) in [4.78, 5) is 27.4. The first kappa shape index (κ1) is 16.4. The van der Waals surface area contributed by atoms with Crippen LogP contribution in [-0.2, 0) is 29.1 Å². The number of aliphatic imine (C=N–C) groups is 1. The van der Waals surface area contributed by atoms with Crippen LogP contribution >= 0.6 is 0 Å². The van der Waals surface area contributed by atoms with Crippen LogP contribution in [0.3, 0.4) is 0 Å². The maximum atomic E-state index is 11.9. The molecule has 0 spiro atoms. The smallest absolute Gasteiger partial charge is 0.347 e. The summed E-state index contributed by atoms with van der Waals surface area (Å²) in [6.07, 6.45) is -0.858. The third kappa shape index (κ3) is 3.25. The van der Waals surface area contributed by atoms with Crippen LogP contribution in [0, 0.1) is 0 Å². The van der Waals surface area contributed by atoms with E-state index in [0.29, 0.717) is 12.0 Å². The Kier molecular flexibility index (Phi) is 4.27. The van der Waals surface area contributed by atoms with Crippen LogP contribution in [0.2, 0.25) is 0 Å². The van der Waals surface area contributed by atoms with Crippen molar-refractivity contribution in [2.75, 3.05) is 6.54 Å². The van der Waals surface area contributed by atoms with Crippen LogP contribution < -0.4 is 4.72 Å². The number of benzene rings is 1. The van der Waals surface area contributed by atoms with E-state index in [1.54, 1.807) is 25.1 Å². The molecule has 8 nitrogen and oxygen atoms in total. The Morgan fingerprint density at radius 3 is 2.88 bits per heavy atom. The van der Waals surface area contributed by atoms with Gasteiger partial charge in [-0.1, -0.05) is 12.1 Å². The molecule has 1 fully saturated rings. The molecular formula is C15H16N2O6S. The molecule has 0 aromatic heterocycles. The van der Waals surface area contributed by atoms with Gasteiger partial charge in [0.1, 0.15) is 11.9 Å². The van der Waals surface area contributed by atoms with E-state index in [9.17, 15) is 18.0 Å². The lowest BCUT2D eigenvalue weighted by molar-refractivity contribution is -0.160. The fraction of sp³-hybridized carbons (Fsp3) is 0.400. The van der Waals surface area contributed by atoms with Crippen molar-refractivity contribution in [2.45, 2.75) is 36.9 Å². The standard InChI is InChI=1S/C15H16N2O6S/c1-9-8-11(15(19)22-9)23-13(18)6-7-16-14-10-4-2-3-5-12(10)24(20,21)17-14/h2-5,9,11H,6-8H2,1H3,(H,16,17)/t9-,11+/m1/s1. The van der Waals surface area contributed by atoms with Crippen LogP contribution in [0.1, 0.15) is 25.3 Å². The van der Waals surface area contributed by atoms with Crippen LogP contribution in [-0.4, -0.2) is 44.9 Å². The van der Waals surface area contributed by atoms with Gasteiger partial charge >= 0.3 is 11.9 Å². The molecule has 3 rings (SSSR count). The summed E-state index contributed by atoms with van der Waals surface area (Å²) in [6, 6.07) is 6.46. The fourth-order valence-electron chi connectivity index (χ4n) is 2.54. The highest BCUT2D eigenvalue weighted by molar-refractivity contribution is 7.90. The zero-order valence-electron chi connectivity index (χ0n) is 12.9. The number of cyclic esters (lactones) is 1. The number of fused-ring (bicyclic) bond motifs is 1. The molecule has 1 saturated heterocycles. The van der Waals surface area contributed by atoms with Gasteiger partial charge in [-0.25, -0.2) is 13.2 Å². The number of nitrogens with one attached hydrogen (secondary N) is 1. The third-order valence-electron chi connectivity index (χ3n) is 3.65. The largest absolute Gasteiger partial charge is 0.460 e. The van der Waals surface area contributed by atoms with E-state index in [0.717, 1.165) is 0 Å². The third-order valence-corrected chi connectivity index (χ3v) is 5.05. The van der Waals surface area contributed by atoms with Gasteiger partial charge < -0.3 is 9.47 Å². The summed E-state index contributed by atoms with van der Waals surface area (Å²) >= 11 is 0. The van der Waals surface area contributed by atoms with Crippen LogP contribution in [0.15, 0.2) is 34.2 Å². The number of carbonyl (C=O) groups is 2. The Hall–Kier alpha value is -2.42. The minimum atomic E-state index is -3.60. The van der Waals surface area contributed by atoms with E-state index < -0.39 is 28.1 Å². The number of sulfonamides is 1. The van der Waals surface area contributed by atoms with E-state index >= 15 is 0 Å². The van der Waals surface area contributed by atoms with Gasteiger partial charge in [-0.05, 0) is 19.1 Å². The van der Waals surface area contributed by atoms with Crippen molar-refractivity contribution in [1.82, 2.24) is 4.72 Å². The maximum absolute atomic E-state index is 11.9. The Morgan fingerprint density at radius 2 is 2.17 bits per heavy atom. The van der Waals surface area contributed by atoms with Crippen molar-refractivity contribution >= 4 is 27.8 Å². The van der Waals surface area contributed by atoms with Gasteiger partial charge in [0.15, 0.2) is 0 Å². The molecule has 2 aliphatic heterocycles. The van der Waals surface area contributed by atoms with Gasteiger partial charge in [-0.2, -0.15) is 0 Å². The fourth-order valence-corrected chi connectivity index (χ4v) is 3.80. The van der Waals surface area contributed by atoms with Crippen molar-refractivity contribution in [1.29, 1.82) is 0 Å². The zero-order chi connectivity index (χ0) is 17.3. The first-order valence-electron chi connectivity index (χ1n) is 7.43. The summed E-state index contributed by atoms with van der Waals surface area (Å²) in [7, 11) is -3.60. The zero-order valence-corrected chi connectivity index (χ0v) is 13.7. The second-order valence-corrected chi connectivity index (χ2v) is 7.19. The van der Waals surface area contributed by atoms with Crippen LogP contribution in [0.25, 0.3) is 0 Å². The maximum Gasteiger partial charge on any atom is 0.347 e. The highest BCUT2D eigenvalue weighted by Gasteiger charge is 2.35. The molecule has 0 amide bonds.